The highest BCUT2D eigenvalue weighted by molar-refractivity contribution is 7.90. The monoisotopic (exact) mass is 497 g/mol. The molecule has 0 saturated carbocycles. The van der Waals surface area contributed by atoms with Gasteiger partial charge in [0.2, 0.25) is 0 Å². The van der Waals surface area contributed by atoms with Crippen molar-refractivity contribution >= 4 is 41.8 Å². The van der Waals surface area contributed by atoms with Crippen molar-refractivity contribution < 1.29 is 21.2 Å². The van der Waals surface area contributed by atoms with Gasteiger partial charge in [-0.1, -0.05) is 24.3 Å². The summed E-state index contributed by atoms with van der Waals surface area (Å²) in [5, 5.41) is 0.581. The molecule has 5 aromatic rings. The van der Waals surface area contributed by atoms with Gasteiger partial charge in [0.15, 0.2) is 0 Å². The van der Waals surface area contributed by atoms with E-state index in [1.165, 1.54) is 36.7 Å². The molecule has 0 unspecified atom stereocenters. The Morgan fingerprint density at radius 2 is 1.74 bits per heavy atom. The summed E-state index contributed by atoms with van der Waals surface area (Å²) in [5.41, 5.74) is 2.92. The van der Waals surface area contributed by atoms with Crippen molar-refractivity contribution in [1.29, 1.82) is 0 Å². The number of rotatable bonds is 6. The summed E-state index contributed by atoms with van der Waals surface area (Å²) < 4.78 is 64.9. The van der Waals surface area contributed by atoms with E-state index in [-0.39, 0.29) is 22.6 Å². The van der Waals surface area contributed by atoms with Crippen molar-refractivity contribution in [2.24, 2.45) is 0 Å². The van der Waals surface area contributed by atoms with E-state index in [9.17, 15) is 21.2 Å². The largest absolute Gasteiger partial charge is 0.342 e. The molecule has 0 aliphatic carbocycles. The maximum Gasteiger partial charge on any atom is 0.268 e. The first-order valence-electron chi connectivity index (χ1n) is 10.4. The van der Waals surface area contributed by atoms with Crippen molar-refractivity contribution in [3.05, 3.63) is 84.6 Å². The molecular weight excluding hydrogens is 477 g/mol. The SMILES string of the molecule is CS(=O)(=O)CCc1nc2ccc(-c3cn(S(=O)(=O)c4ccccc4)c4cc(F)ccc34)cc2[nH]1. The lowest BCUT2D eigenvalue weighted by molar-refractivity contribution is 0.588. The van der Waals surface area contributed by atoms with E-state index >= 15 is 0 Å². The summed E-state index contributed by atoms with van der Waals surface area (Å²) in [4.78, 5) is 7.68. The number of imidazole rings is 1. The van der Waals surface area contributed by atoms with Crippen LogP contribution in [0.3, 0.4) is 0 Å². The first-order valence-corrected chi connectivity index (χ1v) is 13.9. The van der Waals surface area contributed by atoms with Gasteiger partial charge < -0.3 is 4.98 Å². The van der Waals surface area contributed by atoms with Gasteiger partial charge in [-0.3, -0.25) is 0 Å². The third kappa shape index (κ3) is 4.10. The molecule has 5 rings (SSSR count). The molecule has 0 saturated heterocycles. The van der Waals surface area contributed by atoms with E-state index in [1.807, 2.05) is 6.07 Å². The second-order valence-electron chi connectivity index (χ2n) is 8.11. The maximum absolute atomic E-state index is 14.1. The minimum absolute atomic E-state index is 0.0178. The number of nitrogens with zero attached hydrogens (tertiary/aromatic N) is 2. The van der Waals surface area contributed by atoms with Gasteiger partial charge in [-0.05, 0) is 48.0 Å². The van der Waals surface area contributed by atoms with Gasteiger partial charge in [0.05, 0.1) is 27.2 Å². The number of halogens is 1. The molecule has 174 valence electrons. The third-order valence-corrected chi connectivity index (χ3v) is 8.22. The quantitative estimate of drug-likeness (QED) is 0.380. The van der Waals surface area contributed by atoms with E-state index in [0.717, 1.165) is 3.97 Å². The molecule has 3 aromatic carbocycles. The van der Waals surface area contributed by atoms with Gasteiger partial charge in [-0.2, -0.15) is 0 Å². The van der Waals surface area contributed by atoms with E-state index < -0.39 is 25.7 Å². The zero-order valence-electron chi connectivity index (χ0n) is 18.1. The highest BCUT2D eigenvalue weighted by atomic mass is 32.2. The molecule has 0 bridgehead atoms. The first kappa shape index (κ1) is 22.3. The summed E-state index contributed by atoms with van der Waals surface area (Å²) in [7, 11) is -7.08. The van der Waals surface area contributed by atoms with Crippen molar-refractivity contribution in [2.45, 2.75) is 11.3 Å². The lowest BCUT2D eigenvalue weighted by Gasteiger charge is -2.07. The predicted molar refractivity (Wildman–Crippen MR) is 129 cm³/mol. The number of aryl methyl sites for hydroxylation is 1. The Morgan fingerprint density at radius 3 is 2.47 bits per heavy atom. The molecule has 2 heterocycles. The summed E-state index contributed by atoms with van der Waals surface area (Å²) in [6, 6.07) is 17.5. The molecular formula is C24H20FN3O4S2. The molecule has 1 N–H and O–H groups in total. The standard InChI is InChI=1S/C24H20FN3O4S2/c1-33(29,30)12-11-24-26-21-10-7-16(13-22(21)27-24)20-15-28(23-14-17(25)8-9-19(20)23)34(31,32)18-5-3-2-4-6-18/h2-10,13-15H,11-12H2,1H3,(H,26,27). The van der Waals surface area contributed by atoms with Crippen LogP contribution in [0.25, 0.3) is 33.1 Å². The van der Waals surface area contributed by atoms with Crippen LogP contribution >= 0.6 is 0 Å². The van der Waals surface area contributed by atoms with Crippen LogP contribution in [0.2, 0.25) is 0 Å². The zero-order chi connectivity index (χ0) is 24.1. The molecule has 7 nitrogen and oxygen atoms in total. The van der Waals surface area contributed by atoms with Crippen LogP contribution in [0.1, 0.15) is 5.82 Å². The Bertz CT molecular complexity index is 1760. The first-order chi connectivity index (χ1) is 16.1. The van der Waals surface area contributed by atoms with E-state index in [2.05, 4.69) is 9.97 Å². The fraction of sp³-hybridized carbons (Fsp3) is 0.125. The van der Waals surface area contributed by atoms with Crippen LogP contribution in [0.15, 0.2) is 77.8 Å². The molecule has 0 radical (unpaired) electrons. The molecule has 0 fully saturated rings. The molecule has 0 aliphatic heterocycles. The second-order valence-corrected chi connectivity index (χ2v) is 12.2. The van der Waals surface area contributed by atoms with Crippen molar-refractivity contribution in [3.8, 4) is 11.1 Å². The van der Waals surface area contributed by atoms with Crippen LogP contribution in [0.4, 0.5) is 4.39 Å². The van der Waals surface area contributed by atoms with Crippen LogP contribution in [-0.2, 0) is 26.3 Å². The fourth-order valence-electron chi connectivity index (χ4n) is 3.94. The molecule has 0 aliphatic rings. The summed E-state index contributed by atoms with van der Waals surface area (Å²) in [6.45, 7) is 0. The van der Waals surface area contributed by atoms with Crippen LogP contribution in [0.5, 0.6) is 0 Å². The summed E-state index contributed by atoms with van der Waals surface area (Å²) >= 11 is 0. The van der Waals surface area contributed by atoms with E-state index in [0.29, 0.717) is 33.4 Å². The second kappa shape index (κ2) is 8.07. The van der Waals surface area contributed by atoms with Gasteiger partial charge in [0.25, 0.3) is 10.0 Å². The van der Waals surface area contributed by atoms with E-state index in [1.54, 1.807) is 36.4 Å². The number of H-pyrrole nitrogens is 1. The number of hydrogen-bond donors (Lipinski definition) is 1. The highest BCUT2D eigenvalue weighted by Gasteiger charge is 2.22. The van der Waals surface area contributed by atoms with Gasteiger partial charge in [0.1, 0.15) is 21.5 Å². The van der Waals surface area contributed by atoms with Crippen LogP contribution in [-0.4, -0.2) is 42.8 Å². The van der Waals surface area contributed by atoms with Crippen LogP contribution in [0, 0.1) is 5.82 Å². The fourth-order valence-corrected chi connectivity index (χ4v) is 5.88. The maximum atomic E-state index is 14.1. The van der Waals surface area contributed by atoms with Gasteiger partial charge in [-0.25, -0.2) is 30.2 Å². The molecule has 0 atom stereocenters. The number of aromatic nitrogens is 3. The summed E-state index contributed by atoms with van der Waals surface area (Å²) in [6.07, 6.45) is 2.93. The number of hydrogen-bond acceptors (Lipinski definition) is 5. The Balaban J connectivity index is 1.64. The normalized spacial score (nSPS) is 12.5. The lowest BCUT2D eigenvalue weighted by Crippen LogP contribution is -2.11. The third-order valence-electron chi connectivity index (χ3n) is 5.59. The topological polar surface area (TPSA) is 102 Å². The lowest BCUT2D eigenvalue weighted by atomic mass is 10.0. The highest BCUT2D eigenvalue weighted by Crippen LogP contribution is 2.34. The zero-order valence-corrected chi connectivity index (χ0v) is 19.7. The Hall–Kier alpha value is -3.50. The summed E-state index contributed by atoms with van der Waals surface area (Å²) in [5.74, 6) is -0.00859. The molecule has 34 heavy (non-hydrogen) atoms. The van der Waals surface area contributed by atoms with Gasteiger partial charge in [0, 0.05) is 29.8 Å². The number of aromatic amines is 1. The molecule has 0 amide bonds. The number of benzene rings is 3. The smallest absolute Gasteiger partial charge is 0.268 e. The minimum atomic E-state index is -3.96. The number of nitrogens with one attached hydrogen (secondary N) is 1. The Labute approximate surface area is 195 Å². The predicted octanol–water partition coefficient (Wildman–Crippen LogP) is 4.15. The molecule has 0 spiro atoms. The van der Waals surface area contributed by atoms with E-state index in [4.69, 9.17) is 0 Å². The average molecular weight is 498 g/mol. The molecule has 2 aromatic heterocycles. The number of fused-ring (bicyclic) bond motifs is 2. The number of sulfone groups is 1. The Morgan fingerprint density at radius 1 is 0.971 bits per heavy atom. The average Bonchev–Trinajstić information content (AvgIpc) is 3.38. The van der Waals surface area contributed by atoms with Gasteiger partial charge >= 0.3 is 0 Å². The minimum Gasteiger partial charge on any atom is -0.342 e. The van der Waals surface area contributed by atoms with Crippen LogP contribution < -0.4 is 0 Å². The molecule has 10 heteroatoms. The van der Waals surface area contributed by atoms with Gasteiger partial charge in [-0.15, -0.1) is 0 Å². The Kier molecular flexibility index (Phi) is 5.29. The van der Waals surface area contributed by atoms with Crippen molar-refractivity contribution in [1.82, 2.24) is 13.9 Å². The van der Waals surface area contributed by atoms with Crippen molar-refractivity contribution in [2.75, 3.05) is 12.0 Å². The van der Waals surface area contributed by atoms with Crippen molar-refractivity contribution in [3.63, 3.8) is 0 Å².